The van der Waals surface area contributed by atoms with Gasteiger partial charge in [-0.05, 0) is 6.42 Å². The first-order chi connectivity index (χ1) is 5.16. The molecular formula is C7H13NO3. The summed E-state index contributed by atoms with van der Waals surface area (Å²) < 4.78 is 4.87. The summed E-state index contributed by atoms with van der Waals surface area (Å²) in [5.74, 6) is -0.481. The molecule has 0 spiro atoms. The molecule has 1 amide bonds. The van der Waals surface area contributed by atoms with E-state index in [-0.39, 0.29) is 6.10 Å². The van der Waals surface area contributed by atoms with Crippen LogP contribution in [0.15, 0.2) is 0 Å². The van der Waals surface area contributed by atoms with Crippen LogP contribution in [0.5, 0.6) is 0 Å². The molecule has 1 saturated heterocycles. The second-order valence-corrected chi connectivity index (χ2v) is 2.78. The van der Waals surface area contributed by atoms with Crippen LogP contribution in [-0.4, -0.2) is 29.3 Å². The Morgan fingerprint density at radius 2 is 2.45 bits per heavy atom. The lowest BCUT2D eigenvalue weighted by Gasteiger charge is -2.02. The number of amides is 1. The third-order valence-electron chi connectivity index (χ3n) is 1.77. The Hall–Kier alpha value is -0.610. The van der Waals surface area contributed by atoms with Crippen molar-refractivity contribution in [1.82, 2.24) is 0 Å². The summed E-state index contributed by atoms with van der Waals surface area (Å²) in [6, 6.07) is 0. The second kappa shape index (κ2) is 3.19. The average Bonchev–Trinajstić information content (AvgIpc) is 2.65. The van der Waals surface area contributed by atoms with Crippen molar-refractivity contribution in [3.05, 3.63) is 0 Å². The van der Waals surface area contributed by atoms with Crippen LogP contribution in [0.4, 0.5) is 0 Å². The van der Waals surface area contributed by atoms with E-state index in [1.165, 1.54) is 0 Å². The number of aliphatic hydroxyl groups is 1. The molecule has 11 heavy (non-hydrogen) atoms. The SMILES string of the molecule is CCCC(O)[C@H]1O[C@H]1C(N)=O. The lowest BCUT2D eigenvalue weighted by atomic mass is 10.1. The highest BCUT2D eigenvalue weighted by Gasteiger charge is 2.47. The van der Waals surface area contributed by atoms with Crippen LogP contribution in [0.3, 0.4) is 0 Å². The highest BCUT2D eigenvalue weighted by Crippen LogP contribution is 2.26. The third-order valence-corrected chi connectivity index (χ3v) is 1.77. The zero-order chi connectivity index (χ0) is 8.43. The van der Waals surface area contributed by atoms with E-state index in [9.17, 15) is 9.90 Å². The number of carbonyl (C=O) groups excluding carboxylic acids is 1. The average molecular weight is 159 g/mol. The molecule has 4 nitrogen and oxygen atoms in total. The van der Waals surface area contributed by atoms with Crippen LogP contribution in [0.2, 0.25) is 0 Å². The molecule has 1 fully saturated rings. The van der Waals surface area contributed by atoms with Crippen molar-refractivity contribution < 1.29 is 14.6 Å². The first-order valence-electron chi connectivity index (χ1n) is 3.79. The monoisotopic (exact) mass is 159 g/mol. The van der Waals surface area contributed by atoms with E-state index in [4.69, 9.17) is 10.5 Å². The molecule has 1 aliphatic heterocycles. The molecule has 0 aromatic rings. The van der Waals surface area contributed by atoms with Crippen LogP contribution in [0.1, 0.15) is 19.8 Å². The van der Waals surface area contributed by atoms with Gasteiger partial charge in [-0.1, -0.05) is 13.3 Å². The number of epoxide rings is 1. The minimum Gasteiger partial charge on any atom is -0.390 e. The Balaban J connectivity index is 2.25. The largest absolute Gasteiger partial charge is 0.390 e. The van der Waals surface area contributed by atoms with Gasteiger partial charge >= 0.3 is 0 Å². The summed E-state index contributed by atoms with van der Waals surface area (Å²) in [4.78, 5) is 10.5. The quantitative estimate of drug-likeness (QED) is 0.538. The van der Waals surface area contributed by atoms with E-state index >= 15 is 0 Å². The van der Waals surface area contributed by atoms with Crippen molar-refractivity contribution >= 4 is 5.91 Å². The van der Waals surface area contributed by atoms with Crippen molar-refractivity contribution in [3.8, 4) is 0 Å². The summed E-state index contributed by atoms with van der Waals surface area (Å²) >= 11 is 0. The van der Waals surface area contributed by atoms with Crippen LogP contribution >= 0.6 is 0 Å². The van der Waals surface area contributed by atoms with Gasteiger partial charge < -0.3 is 15.6 Å². The summed E-state index contributed by atoms with van der Waals surface area (Å²) in [6.07, 6.45) is 0.127. The topological polar surface area (TPSA) is 75.8 Å². The fraction of sp³-hybridized carbons (Fsp3) is 0.857. The molecule has 1 rings (SSSR count). The van der Waals surface area contributed by atoms with Crippen molar-refractivity contribution in [3.63, 3.8) is 0 Å². The fourth-order valence-electron chi connectivity index (χ4n) is 1.11. The highest BCUT2D eigenvalue weighted by atomic mass is 16.6. The summed E-state index contributed by atoms with van der Waals surface area (Å²) in [6.45, 7) is 1.96. The number of primary amides is 1. The van der Waals surface area contributed by atoms with E-state index in [0.29, 0.717) is 6.42 Å². The van der Waals surface area contributed by atoms with Crippen molar-refractivity contribution in [2.45, 2.75) is 38.1 Å². The van der Waals surface area contributed by atoms with Crippen LogP contribution < -0.4 is 5.73 Å². The van der Waals surface area contributed by atoms with Crippen LogP contribution in [0.25, 0.3) is 0 Å². The molecule has 1 unspecified atom stereocenters. The predicted molar refractivity (Wildman–Crippen MR) is 38.8 cm³/mol. The van der Waals surface area contributed by atoms with Gasteiger partial charge in [0.05, 0.1) is 6.10 Å². The molecule has 4 heteroatoms. The van der Waals surface area contributed by atoms with E-state index in [1.807, 2.05) is 6.92 Å². The lowest BCUT2D eigenvalue weighted by molar-refractivity contribution is -0.119. The zero-order valence-electron chi connectivity index (χ0n) is 6.49. The second-order valence-electron chi connectivity index (χ2n) is 2.78. The van der Waals surface area contributed by atoms with Gasteiger partial charge in [0.2, 0.25) is 5.91 Å². The number of hydrogen-bond donors (Lipinski definition) is 2. The molecule has 0 bridgehead atoms. The maximum atomic E-state index is 10.5. The molecule has 1 aliphatic rings. The highest BCUT2D eigenvalue weighted by molar-refractivity contribution is 5.81. The van der Waals surface area contributed by atoms with Gasteiger partial charge in [-0.2, -0.15) is 0 Å². The molecule has 3 N–H and O–H groups in total. The number of hydrogen-bond acceptors (Lipinski definition) is 3. The zero-order valence-corrected chi connectivity index (χ0v) is 6.49. The smallest absolute Gasteiger partial charge is 0.249 e. The molecule has 0 aliphatic carbocycles. The summed E-state index contributed by atoms with van der Waals surface area (Å²) in [5.41, 5.74) is 4.95. The summed E-state index contributed by atoms with van der Waals surface area (Å²) in [7, 11) is 0. The van der Waals surface area contributed by atoms with Gasteiger partial charge in [0.25, 0.3) is 0 Å². The normalized spacial score (nSPS) is 31.5. The molecule has 0 radical (unpaired) electrons. The van der Waals surface area contributed by atoms with Gasteiger partial charge in [0.1, 0.15) is 6.10 Å². The molecule has 0 aromatic heterocycles. The summed E-state index contributed by atoms with van der Waals surface area (Å²) in [5, 5.41) is 9.28. The number of ether oxygens (including phenoxy) is 1. The van der Waals surface area contributed by atoms with Crippen molar-refractivity contribution in [2.24, 2.45) is 5.73 Å². The van der Waals surface area contributed by atoms with Crippen molar-refractivity contribution in [2.75, 3.05) is 0 Å². The van der Waals surface area contributed by atoms with Gasteiger partial charge in [-0.15, -0.1) is 0 Å². The van der Waals surface area contributed by atoms with Crippen LogP contribution in [0, 0.1) is 0 Å². The van der Waals surface area contributed by atoms with Gasteiger partial charge in [0, 0.05) is 0 Å². The van der Waals surface area contributed by atoms with Gasteiger partial charge in [-0.25, -0.2) is 0 Å². The van der Waals surface area contributed by atoms with E-state index in [1.54, 1.807) is 0 Å². The fourth-order valence-corrected chi connectivity index (χ4v) is 1.11. The van der Waals surface area contributed by atoms with E-state index < -0.39 is 18.1 Å². The van der Waals surface area contributed by atoms with E-state index in [2.05, 4.69) is 0 Å². The minimum atomic E-state index is -0.545. The standard InChI is InChI=1S/C7H13NO3/c1-2-3-4(9)5-6(11-5)7(8)10/h4-6,9H,2-3H2,1H3,(H2,8,10)/t4?,5-,6-/m1/s1. The van der Waals surface area contributed by atoms with Crippen molar-refractivity contribution in [1.29, 1.82) is 0 Å². The molecule has 0 aromatic carbocycles. The molecule has 1 heterocycles. The Kier molecular flexibility index (Phi) is 2.46. The predicted octanol–water partition coefficient (Wildman–Crippen LogP) is -0.600. The Morgan fingerprint density at radius 1 is 1.82 bits per heavy atom. The maximum absolute atomic E-state index is 10.5. The van der Waals surface area contributed by atoms with Gasteiger partial charge in [0.15, 0.2) is 6.10 Å². The Labute approximate surface area is 65.3 Å². The first kappa shape index (κ1) is 8.49. The molecular weight excluding hydrogens is 146 g/mol. The lowest BCUT2D eigenvalue weighted by Crippen LogP contribution is -2.25. The molecule has 0 saturated carbocycles. The number of carbonyl (C=O) groups is 1. The minimum absolute atomic E-state index is 0.340. The molecule has 64 valence electrons. The number of rotatable bonds is 4. The maximum Gasteiger partial charge on any atom is 0.249 e. The van der Waals surface area contributed by atoms with Gasteiger partial charge in [-0.3, -0.25) is 4.79 Å². The Bertz CT molecular complexity index is 160. The number of aliphatic hydroxyl groups excluding tert-OH is 1. The first-order valence-corrected chi connectivity index (χ1v) is 3.79. The Morgan fingerprint density at radius 3 is 2.82 bits per heavy atom. The van der Waals surface area contributed by atoms with E-state index in [0.717, 1.165) is 6.42 Å². The van der Waals surface area contributed by atoms with Crippen LogP contribution in [-0.2, 0) is 9.53 Å². The molecule has 3 atom stereocenters. The number of nitrogens with two attached hydrogens (primary N) is 1. The third kappa shape index (κ3) is 1.91.